The van der Waals surface area contributed by atoms with Crippen molar-refractivity contribution < 1.29 is 9.59 Å². The van der Waals surface area contributed by atoms with Crippen molar-refractivity contribution in [3.05, 3.63) is 88.4 Å². The van der Waals surface area contributed by atoms with Gasteiger partial charge in [0.05, 0.1) is 35.1 Å². The first-order valence-corrected chi connectivity index (χ1v) is 8.58. The zero-order chi connectivity index (χ0) is 19.3. The molecular weight excluding hydrogens is 358 g/mol. The van der Waals surface area contributed by atoms with Gasteiger partial charge in [-0.1, -0.05) is 12.1 Å². The Bertz CT molecular complexity index is 1270. The van der Waals surface area contributed by atoms with Crippen molar-refractivity contribution in [2.75, 3.05) is 0 Å². The van der Waals surface area contributed by atoms with Crippen LogP contribution in [0.1, 0.15) is 26.4 Å². The summed E-state index contributed by atoms with van der Waals surface area (Å²) in [6.45, 7) is -0.0347. The molecule has 1 aliphatic heterocycles. The van der Waals surface area contributed by atoms with E-state index in [9.17, 15) is 14.4 Å². The van der Waals surface area contributed by atoms with E-state index < -0.39 is 0 Å². The number of nitrogens with zero attached hydrogens (tertiary/aromatic N) is 4. The Morgan fingerprint density at radius 2 is 1.68 bits per heavy atom. The molecule has 4 aromatic rings. The molecule has 3 heterocycles. The maximum atomic E-state index is 12.7. The molecule has 1 aliphatic rings. The maximum Gasteiger partial charge on any atom is 0.272 e. The third kappa shape index (κ3) is 2.35. The third-order valence-corrected chi connectivity index (χ3v) is 4.84. The number of hydrogen-bond donors (Lipinski definition) is 1. The number of benzene rings is 2. The average molecular weight is 371 g/mol. The first-order chi connectivity index (χ1) is 13.6. The molecule has 5 rings (SSSR count). The van der Waals surface area contributed by atoms with Crippen molar-refractivity contribution in [3.8, 4) is 5.69 Å². The van der Waals surface area contributed by atoms with Gasteiger partial charge in [0, 0.05) is 23.5 Å². The highest BCUT2D eigenvalue weighted by Crippen LogP contribution is 2.26. The van der Waals surface area contributed by atoms with Crippen LogP contribution in [0.3, 0.4) is 0 Å². The minimum Gasteiger partial charge on any atom is -0.306 e. The predicted octanol–water partition coefficient (Wildman–Crippen LogP) is 1.90. The molecule has 2 aromatic carbocycles. The monoisotopic (exact) mass is 371 g/mol. The lowest BCUT2D eigenvalue weighted by molar-refractivity contribution is 0.0641. The van der Waals surface area contributed by atoms with Crippen molar-refractivity contribution in [1.29, 1.82) is 0 Å². The Labute approximate surface area is 158 Å². The van der Waals surface area contributed by atoms with Gasteiger partial charge in [-0.25, -0.2) is 10.1 Å². The van der Waals surface area contributed by atoms with Crippen LogP contribution < -0.4 is 5.56 Å². The highest BCUT2D eigenvalue weighted by molar-refractivity contribution is 6.21. The third-order valence-electron chi connectivity index (χ3n) is 4.84. The summed E-state index contributed by atoms with van der Waals surface area (Å²) in [5.41, 5.74) is 1.64. The van der Waals surface area contributed by atoms with E-state index in [0.717, 1.165) is 10.6 Å². The summed E-state index contributed by atoms with van der Waals surface area (Å²) in [5, 5.41) is 7.57. The highest BCUT2D eigenvalue weighted by Gasteiger charge is 2.35. The van der Waals surface area contributed by atoms with E-state index in [1.54, 1.807) is 65.8 Å². The molecular formula is C20H13N5O3. The summed E-state index contributed by atoms with van der Waals surface area (Å²) in [5.74, 6) is -0.736. The fourth-order valence-electron chi connectivity index (χ4n) is 3.43. The molecule has 136 valence electrons. The van der Waals surface area contributed by atoms with Gasteiger partial charge in [-0.2, -0.15) is 5.10 Å². The number of aromatic amines is 1. The van der Waals surface area contributed by atoms with Gasteiger partial charge in [-0.3, -0.25) is 19.3 Å². The van der Waals surface area contributed by atoms with Crippen LogP contribution in [0, 0.1) is 0 Å². The van der Waals surface area contributed by atoms with Gasteiger partial charge < -0.3 is 4.57 Å². The topological polar surface area (TPSA) is 101 Å². The Hall–Kier alpha value is -4.07. The maximum absolute atomic E-state index is 12.7. The fourth-order valence-corrected chi connectivity index (χ4v) is 3.43. The molecule has 0 fully saturated rings. The van der Waals surface area contributed by atoms with Crippen LogP contribution in [-0.2, 0) is 6.54 Å². The van der Waals surface area contributed by atoms with Crippen molar-refractivity contribution in [2.24, 2.45) is 0 Å². The van der Waals surface area contributed by atoms with E-state index in [2.05, 4.69) is 15.2 Å². The second-order valence-corrected chi connectivity index (χ2v) is 6.44. The fraction of sp³-hybridized carbons (Fsp3) is 0.0500. The number of H-pyrrole nitrogens is 1. The summed E-state index contributed by atoms with van der Waals surface area (Å²) in [7, 11) is 0. The van der Waals surface area contributed by atoms with Crippen LogP contribution >= 0.6 is 0 Å². The number of amides is 2. The molecule has 1 N–H and O–H groups in total. The number of hydrogen-bond acceptors (Lipinski definition) is 5. The number of carbonyl (C=O) groups is 2. The zero-order valence-corrected chi connectivity index (χ0v) is 14.5. The Morgan fingerprint density at radius 1 is 0.929 bits per heavy atom. The van der Waals surface area contributed by atoms with E-state index in [1.165, 1.54) is 0 Å². The molecule has 28 heavy (non-hydrogen) atoms. The van der Waals surface area contributed by atoms with Crippen molar-refractivity contribution in [1.82, 2.24) is 24.6 Å². The minimum atomic E-state index is -0.368. The van der Waals surface area contributed by atoms with Crippen LogP contribution in [0.25, 0.3) is 16.5 Å². The van der Waals surface area contributed by atoms with E-state index >= 15 is 0 Å². The van der Waals surface area contributed by atoms with Crippen LogP contribution in [0.15, 0.2) is 66.0 Å². The molecule has 8 heteroatoms. The second kappa shape index (κ2) is 5.98. The number of aromatic nitrogens is 4. The lowest BCUT2D eigenvalue weighted by Gasteiger charge is -2.15. The Morgan fingerprint density at radius 3 is 2.36 bits per heavy atom. The van der Waals surface area contributed by atoms with Gasteiger partial charge in [0.1, 0.15) is 0 Å². The molecule has 2 amide bonds. The van der Waals surface area contributed by atoms with E-state index in [1.807, 2.05) is 0 Å². The summed E-state index contributed by atoms with van der Waals surface area (Å²) in [6, 6.07) is 12.0. The van der Waals surface area contributed by atoms with E-state index in [4.69, 9.17) is 0 Å². The van der Waals surface area contributed by atoms with Crippen molar-refractivity contribution >= 4 is 22.6 Å². The number of imidazole rings is 1. The van der Waals surface area contributed by atoms with E-state index in [-0.39, 0.29) is 23.9 Å². The molecule has 0 spiro atoms. The summed E-state index contributed by atoms with van der Waals surface area (Å²) in [4.78, 5) is 42.7. The minimum absolute atomic E-state index is 0.0347. The molecule has 0 atom stereocenters. The lowest BCUT2D eigenvalue weighted by atomic mass is 10.1. The number of nitrogens with one attached hydrogen (secondary N) is 1. The van der Waals surface area contributed by atoms with Gasteiger partial charge in [-0.15, -0.1) is 0 Å². The summed E-state index contributed by atoms with van der Waals surface area (Å²) in [6.07, 6.45) is 5.08. The average Bonchev–Trinajstić information content (AvgIpc) is 3.34. The van der Waals surface area contributed by atoms with Crippen LogP contribution in [-0.4, -0.2) is 36.5 Å². The predicted molar refractivity (Wildman–Crippen MR) is 100 cm³/mol. The molecule has 2 aromatic heterocycles. The van der Waals surface area contributed by atoms with Gasteiger partial charge in [0.15, 0.2) is 0 Å². The summed E-state index contributed by atoms with van der Waals surface area (Å²) >= 11 is 0. The molecule has 0 unspecified atom stereocenters. The van der Waals surface area contributed by atoms with Crippen LogP contribution in [0.4, 0.5) is 0 Å². The number of rotatable bonds is 3. The number of carbonyl (C=O) groups excluding carboxylic acids is 2. The lowest BCUT2D eigenvalue weighted by Crippen LogP contribution is -2.30. The Balaban J connectivity index is 1.61. The highest BCUT2D eigenvalue weighted by atomic mass is 16.2. The molecule has 0 saturated carbocycles. The van der Waals surface area contributed by atoms with Gasteiger partial charge in [0.2, 0.25) is 0 Å². The van der Waals surface area contributed by atoms with Crippen LogP contribution in [0.2, 0.25) is 0 Å². The molecule has 0 bridgehead atoms. The second-order valence-electron chi connectivity index (χ2n) is 6.44. The normalized spacial score (nSPS) is 13.4. The smallest absolute Gasteiger partial charge is 0.272 e. The Kier molecular flexibility index (Phi) is 3.45. The molecule has 8 nitrogen and oxygen atoms in total. The number of imide groups is 1. The quantitative estimate of drug-likeness (QED) is 0.555. The first kappa shape index (κ1) is 16.1. The van der Waals surface area contributed by atoms with Gasteiger partial charge >= 0.3 is 0 Å². The molecule has 0 saturated heterocycles. The molecule has 0 radical (unpaired) electrons. The standard InChI is InChI=1S/C20H13N5O3/c26-18-13-6-5-12(24-8-7-21-11-24)9-16(13)17(22-23-18)10-25-19(27)14-3-1-2-4-15(14)20(25)28/h1-9,11H,10H2,(H,23,26). The summed E-state index contributed by atoms with van der Waals surface area (Å²) < 4.78 is 1.80. The van der Waals surface area contributed by atoms with Gasteiger partial charge in [-0.05, 0) is 30.3 Å². The number of fused-ring (bicyclic) bond motifs is 2. The molecule has 0 aliphatic carbocycles. The van der Waals surface area contributed by atoms with E-state index in [0.29, 0.717) is 27.6 Å². The SMILES string of the molecule is O=C1c2ccccc2C(=O)N1Cc1n[nH]c(=O)c2ccc(-n3ccnc3)cc12. The largest absolute Gasteiger partial charge is 0.306 e. The van der Waals surface area contributed by atoms with Gasteiger partial charge in [0.25, 0.3) is 17.4 Å². The van der Waals surface area contributed by atoms with Crippen LogP contribution in [0.5, 0.6) is 0 Å². The van der Waals surface area contributed by atoms with Crippen molar-refractivity contribution in [2.45, 2.75) is 6.54 Å². The van der Waals surface area contributed by atoms with Crippen molar-refractivity contribution in [3.63, 3.8) is 0 Å². The first-order valence-electron chi connectivity index (χ1n) is 8.58. The zero-order valence-electron chi connectivity index (χ0n) is 14.5.